The van der Waals surface area contributed by atoms with Crippen LogP contribution in [0.2, 0.25) is 0 Å². The molecule has 11 heteroatoms. The van der Waals surface area contributed by atoms with E-state index >= 15 is 0 Å². The van der Waals surface area contributed by atoms with Crippen molar-refractivity contribution in [1.82, 2.24) is 19.8 Å². The van der Waals surface area contributed by atoms with E-state index in [1.807, 2.05) is 25.7 Å². The fraction of sp³-hybridized carbons (Fsp3) is 0.704. The minimum Gasteiger partial charge on any atom is -0.474 e. The third kappa shape index (κ3) is 5.89. The first-order valence-corrected chi connectivity index (χ1v) is 14.5. The molecule has 3 heterocycles. The maximum Gasteiger partial charge on any atom is 0.410 e. The number of fused-ring (bicyclic) bond motifs is 3. The monoisotopic (exact) mass is 545 g/mol. The van der Waals surface area contributed by atoms with Crippen molar-refractivity contribution in [3.63, 3.8) is 0 Å². The van der Waals surface area contributed by atoms with Crippen molar-refractivity contribution in [1.29, 1.82) is 0 Å². The van der Waals surface area contributed by atoms with Gasteiger partial charge in [0.05, 0.1) is 5.39 Å². The molecule has 2 fully saturated rings. The fourth-order valence-electron chi connectivity index (χ4n) is 6.03. The predicted molar refractivity (Wildman–Crippen MR) is 144 cm³/mol. The summed E-state index contributed by atoms with van der Waals surface area (Å²) in [6, 6.07) is 0.492. The van der Waals surface area contributed by atoms with Crippen LogP contribution < -0.4 is 10.5 Å². The molecular weight excluding hydrogens is 506 g/mol. The number of piperazine rings is 1. The van der Waals surface area contributed by atoms with Crippen LogP contribution in [0.1, 0.15) is 75.7 Å². The number of nitrogens with two attached hydrogens (primary N) is 1. The van der Waals surface area contributed by atoms with E-state index < -0.39 is 17.6 Å². The summed E-state index contributed by atoms with van der Waals surface area (Å²) in [7, 11) is 0. The first kappa shape index (κ1) is 27.1. The standard InChI is InChI=1S/C27H39N5O5S/c1-27(2,3)37-26(35)32-12-10-31(11-13-32)17-5-7-18(8-6-17)36-24-22-21-16(14-19(33)23(28)34)4-9-20(21)38-25(22)30-15-29-24/h15-19,33H,4-14H2,1-3H3,(H2,28,34)/t16-,17?,18?,19-/m1/s1. The number of aryl methyl sites for hydroxylation is 1. The van der Waals surface area contributed by atoms with Crippen LogP contribution in [-0.2, 0) is 16.0 Å². The minimum atomic E-state index is -1.16. The topological polar surface area (TPSA) is 131 Å². The van der Waals surface area contributed by atoms with E-state index in [2.05, 4.69) is 14.9 Å². The molecule has 0 bridgehead atoms. The maximum absolute atomic E-state index is 12.4. The second-order valence-corrected chi connectivity index (χ2v) is 12.8. The second kappa shape index (κ2) is 10.9. The van der Waals surface area contributed by atoms with Crippen LogP contribution in [-0.4, -0.2) is 86.9 Å². The van der Waals surface area contributed by atoms with Crippen molar-refractivity contribution in [2.75, 3.05) is 26.2 Å². The molecule has 208 valence electrons. The summed E-state index contributed by atoms with van der Waals surface area (Å²) in [6.07, 6.45) is 6.33. The lowest BCUT2D eigenvalue weighted by Crippen LogP contribution is -2.53. The number of aliphatic hydroxyl groups excluding tert-OH is 1. The zero-order valence-corrected chi connectivity index (χ0v) is 23.3. The molecule has 10 nitrogen and oxygen atoms in total. The minimum absolute atomic E-state index is 0.0460. The first-order chi connectivity index (χ1) is 18.1. The van der Waals surface area contributed by atoms with Crippen LogP contribution in [0.3, 0.4) is 0 Å². The van der Waals surface area contributed by atoms with Crippen molar-refractivity contribution in [3.05, 3.63) is 16.8 Å². The third-order valence-electron chi connectivity index (χ3n) is 7.94. The van der Waals surface area contributed by atoms with E-state index in [1.165, 1.54) is 4.88 Å². The Morgan fingerprint density at radius 1 is 1.13 bits per heavy atom. The van der Waals surface area contributed by atoms with Gasteiger partial charge in [-0.3, -0.25) is 9.69 Å². The van der Waals surface area contributed by atoms with Crippen LogP contribution in [0.4, 0.5) is 4.79 Å². The van der Waals surface area contributed by atoms with Gasteiger partial charge in [-0.25, -0.2) is 14.8 Å². The molecule has 2 aromatic rings. The van der Waals surface area contributed by atoms with Gasteiger partial charge in [0.2, 0.25) is 11.8 Å². The number of ether oxygens (including phenoxy) is 2. The highest BCUT2D eigenvalue weighted by Crippen LogP contribution is 2.47. The second-order valence-electron chi connectivity index (χ2n) is 11.7. The molecule has 3 aliphatic rings. The van der Waals surface area contributed by atoms with Gasteiger partial charge in [0.15, 0.2) is 0 Å². The molecule has 1 aliphatic heterocycles. The highest BCUT2D eigenvalue weighted by molar-refractivity contribution is 7.19. The van der Waals surface area contributed by atoms with Gasteiger partial charge >= 0.3 is 6.09 Å². The van der Waals surface area contributed by atoms with Gasteiger partial charge in [-0.15, -0.1) is 11.3 Å². The Kier molecular flexibility index (Phi) is 7.79. The van der Waals surface area contributed by atoms with Crippen LogP contribution in [0.5, 0.6) is 5.88 Å². The normalized spacial score (nSPS) is 25.3. The van der Waals surface area contributed by atoms with E-state index in [0.29, 0.717) is 31.4 Å². The molecule has 38 heavy (non-hydrogen) atoms. The summed E-state index contributed by atoms with van der Waals surface area (Å²) in [4.78, 5) is 39.3. The van der Waals surface area contributed by atoms with E-state index in [-0.39, 0.29) is 18.1 Å². The summed E-state index contributed by atoms with van der Waals surface area (Å²) in [6.45, 7) is 8.80. The molecule has 2 aromatic heterocycles. The number of aliphatic hydroxyl groups is 1. The number of hydrogen-bond acceptors (Lipinski definition) is 9. The largest absolute Gasteiger partial charge is 0.474 e. The maximum atomic E-state index is 12.4. The van der Waals surface area contributed by atoms with Gasteiger partial charge in [0.25, 0.3) is 0 Å². The van der Waals surface area contributed by atoms with E-state index in [0.717, 1.165) is 67.4 Å². The number of rotatable bonds is 6. The van der Waals surface area contributed by atoms with Crippen LogP contribution in [0.25, 0.3) is 10.2 Å². The van der Waals surface area contributed by atoms with Crippen LogP contribution in [0.15, 0.2) is 6.33 Å². The zero-order chi connectivity index (χ0) is 27.0. The van der Waals surface area contributed by atoms with Crippen molar-refractivity contribution in [3.8, 4) is 5.88 Å². The van der Waals surface area contributed by atoms with E-state index in [4.69, 9.17) is 15.2 Å². The van der Waals surface area contributed by atoms with Crippen LogP contribution >= 0.6 is 11.3 Å². The average molecular weight is 546 g/mol. The number of nitrogens with zero attached hydrogens (tertiary/aromatic N) is 4. The number of carbonyl (C=O) groups excluding carboxylic acids is 2. The number of carbonyl (C=O) groups is 2. The lowest BCUT2D eigenvalue weighted by atomic mass is 9.91. The summed E-state index contributed by atoms with van der Waals surface area (Å²) in [5.41, 5.74) is 5.97. The van der Waals surface area contributed by atoms with Crippen molar-refractivity contribution in [2.24, 2.45) is 5.73 Å². The Balaban J connectivity index is 1.18. The quantitative estimate of drug-likeness (QED) is 0.566. The number of aromatic nitrogens is 2. The highest BCUT2D eigenvalue weighted by atomic mass is 32.1. The number of amides is 2. The summed E-state index contributed by atoms with van der Waals surface area (Å²) in [5.74, 6) is -0.0270. The summed E-state index contributed by atoms with van der Waals surface area (Å²) in [5, 5.41) is 11.0. The molecule has 1 saturated heterocycles. The van der Waals surface area contributed by atoms with E-state index in [9.17, 15) is 14.7 Å². The van der Waals surface area contributed by atoms with Gasteiger partial charge < -0.3 is 25.2 Å². The number of hydrogen-bond donors (Lipinski definition) is 2. The number of thiophene rings is 1. The van der Waals surface area contributed by atoms with Gasteiger partial charge in [0, 0.05) is 37.1 Å². The van der Waals surface area contributed by atoms with Gasteiger partial charge in [0.1, 0.15) is 29.0 Å². The Morgan fingerprint density at radius 2 is 1.84 bits per heavy atom. The molecule has 2 aliphatic carbocycles. The smallest absolute Gasteiger partial charge is 0.410 e. The van der Waals surface area contributed by atoms with E-state index in [1.54, 1.807) is 17.7 Å². The molecule has 0 aromatic carbocycles. The Bertz CT molecular complexity index is 1160. The van der Waals surface area contributed by atoms with Gasteiger partial charge in [-0.05, 0) is 77.2 Å². The molecule has 2 amide bonds. The molecule has 0 radical (unpaired) electrons. The lowest BCUT2D eigenvalue weighted by molar-refractivity contribution is -0.126. The van der Waals surface area contributed by atoms with Gasteiger partial charge in [-0.2, -0.15) is 0 Å². The Labute approximate surface area is 227 Å². The van der Waals surface area contributed by atoms with Crippen LogP contribution in [0, 0.1) is 0 Å². The molecular formula is C27H39N5O5S. The van der Waals surface area contributed by atoms with Crippen molar-refractivity contribution in [2.45, 2.75) is 95.5 Å². The molecule has 3 N–H and O–H groups in total. The SMILES string of the molecule is CC(C)(C)OC(=O)N1CCN(C2CCC(Oc3ncnc4sc5c(c34)[C@@H](C[C@@H](O)C(N)=O)CC5)CC2)CC1. The Morgan fingerprint density at radius 3 is 2.50 bits per heavy atom. The van der Waals surface area contributed by atoms with Crippen molar-refractivity contribution >= 4 is 33.6 Å². The number of primary amides is 1. The molecule has 0 spiro atoms. The zero-order valence-electron chi connectivity index (χ0n) is 22.5. The molecule has 1 saturated carbocycles. The lowest BCUT2D eigenvalue weighted by Gasteiger charge is -2.42. The predicted octanol–water partition coefficient (Wildman–Crippen LogP) is 3.20. The first-order valence-electron chi connectivity index (χ1n) is 13.7. The van der Waals surface area contributed by atoms with Crippen molar-refractivity contribution < 1.29 is 24.2 Å². The Hall–Kier alpha value is -2.50. The third-order valence-corrected chi connectivity index (χ3v) is 9.11. The average Bonchev–Trinajstić information content (AvgIpc) is 3.43. The highest BCUT2D eigenvalue weighted by Gasteiger charge is 2.35. The molecule has 2 atom stereocenters. The molecule has 5 rings (SSSR count). The summed E-state index contributed by atoms with van der Waals surface area (Å²) < 4.78 is 12.0. The fourth-order valence-corrected chi connectivity index (χ4v) is 7.26. The summed E-state index contributed by atoms with van der Waals surface area (Å²) >= 11 is 1.65. The van der Waals surface area contributed by atoms with Gasteiger partial charge in [-0.1, -0.05) is 0 Å². The molecule has 0 unspecified atom stereocenters.